The summed E-state index contributed by atoms with van der Waals surface area (Å²) in [6.45, 7) is 6.83. The van der Waals surface area contributed by atoms with E-state index in [0.717, 1.165) is 18.4 Å². The number of carbonyl (C=O) groups excluding carboxylic acids is 1. The number of aromatic nitrogens is 3. The van der Waals surface area contributed by atoms with E-state index in [1.54, 1.807) is 17.3 Å². The third-order valence-corrected chi connectivity index (χ3v) is 3.80. The van der Waals surface area contributed by atoms with E-state index in [0.29, 0.717) is 24.8 Å². The molecule has 7 nitrogen and oxygen atoms in total. The highest BCUT2D eigenvalue weighted by Gasteiger charge is 2.31. The molecule has 0 radical (unpaired) electrons. The molecule has 1 aliphatic rings. The normalized spacial score (nSPS) is 18.5. The van der Waals surface area contributed by atoms with Gasteiger partial charge in [-0.25, -0.2) is 4.79 Å². The summed E-state index contributed by atoms with van der Waals surface area (Å²) in [5.41, 5.74) is 0.364. The van der Waals surface area contributed by atoms with Crippen LogP contribution in [0.1, 0.15) is 45.4 Å². The molecule has 1 unspecified atom stereocenters. The molecular formula is C17H22N4O3. The van der Waals surface area contributed by atoms with Gasteiger partial charge in [-0.1, -0.05) is 5.16 Å². The van der Waals surface area contributed by atoms with E-state index >= 15 is 0 Å². The molecule has 2 aromatic heterocycles. The van der Waals surface area contributed by atoms with Gasteiger partial charge in [-0.15, -0.1) is 0 Å². The Labute approximate surface area is 141 Å². The summed E-state index contributed by atoms with van der Waals surface area (Å²) in [5.74, 6) is 1.14. The average molecular weight is 330 g/mol. The predicted molar refractivity (Wildman–Crippen MR) is 87.3 cm³/mol. The molecule has 128 valence electrons. The molecule has 1 atom stereocenters. The van der Waals surface area contributed by atoms with E-state index < -0.39 is 5.60 Å². The predicted octanol–water partition coefficient (Wildman–Crippen LogP) is 3.25. The highest BCUT2D eigenvalue weighted by atomic mass is 16.6. The van der Waals surface area contributed by atoms with Crippen molar-refractivity contribution in [3.8, 4) is 11.4 Å². The van der Waals surface area contributed by atoms with Gasteiger partial charge in [0.25, 0.3) is 0 Å². The fraction of sp³-hybridized carbons (Fsp3) is 0.529. The SMILES string of the molecule is CC(C)(C)OC(=O)N1CCCC(c2nc(-c3ccncc3)no2)C1. The van der Waals surface area contributed by atoms with E-state index in [2.05, 4.69) is 15.1 Å². The first-order valence-corrected chi connectivity index (χ1v) is 8.14. The van der Waals surface area contributed by atoms with Crippen LogP contribution in [0.4, 0.5) is 4.79 Å². The minimum absolute atomic E-state index is 0.0364. The molecule has 0 N–H and O–H groups in total. The Balaban J connectivity index is 1.69. The third-order valence-electron chi connectivity index (χ3n) is 3.80. The van der Waals surface area contributed by atoms with Crippen molar-refractivity contribution in [2.75, 3.05) is 13.1 Å². The number of amides is 1. The second kappa shape index (κ2) is 6.59. The molecule has 1 amide bonds. The van der Waals surface area contributed by atoms with Crippen molar-refractivity contribution in [2.45, 2.75) is 45.1 Å². The molecule has 24 heavy (non-hydrogen) atoms. The second-order valence-corrected chi connectivity index (χ2v) is 6.96. The van der Waals surface area contributed by atoms with Crippen molar-refractivity contribution in [1.82, 2.24) is 20.0 Å². The number of carbonyl (C=O) groups is 1. The topological polar surface area (TPSA) is 81.4 Å². The minimum atomic E-state index is -0.497. The maximum absolute atomic E-state index is 12.2. The van der Waals surface area contributed by atoms with Crippen molar-refractivity contribution in [3.63, 3.8) is 0 Å². The summed E-state index contributed by atoms with van der Waals surface area (Å²) in [7, 11) is 0. The molecule has 3 heterocycles. The first kappa shape index (κ1) is 16.4. The van der Waals surface area contributed by atoms with Crippen LogP contribution in [0.5, 0.6) is 0 Å². The third kappa shape index (κ3) is 3.90. The van der Waals surface area contributed by atoms with Gasteiger partial charge < -0.3 is 14.2 Å². The lowest BCUT2D eigenvalue weighted by Gasteiger charge is -2.32. The number of hydrogen-bond acceptors (Lipinski definition) is 6. The van der Waals surface area contributed by atoms with E-state index in [4.69, 9.17) is 9.26 Å². The van der Waals surface area contributed by atoms with Gasteiger partial charge in [-0.2, -0.15) is 4.98 Å². The van der Waals surface area contributed by atoms with Crippen LogP contribution in [0.3, 0.4) is 0 Å². The zero-order valence-corrected chi connectivity index (χ0v) is 14.2. The first-order chi connectivity index (χ1) is 11.4. The second-order valence-electron chi connectivity index (χ2n) is 6.96. The number of rotatable bonds is 2. The zero-order valence-electron chi connectivity index (χ0n) is 14.2. The van der Waals surface area contributed by atoms with Crippen LogP contribution < -0.4 is 0 Å². The van der Waals surface area contributed by atoms with Gasteiger partial charge in [-0.3, -0.25) is 4.98 Å². The van der Waals surface area contributed by atoms with Crippen LogP contribution >= 0.6 is 0 Å². The van der Waals surface area contributed by atoms with Gasteiger partial charge in [0, 0.05) is 31.0 Å². The van der Waals surface area contributed by atoms with Crippen molar-refractivity contribution < 1.29 is 14.1 Å². The van der Waals surface area contributed by atoms with Crippen LogP contribution in [0, 0.1) is 0 Å². The van der Waals surface area contributed by atoms with Crippen LogP contribution in [-0.4, -0.2) is 44.8 Å². The Kier molecular flexibility index (Phi) is 4.51. The van der Waals surface area contributed by atoms with E-state index in [1.807, 2.05) is 32.9 Å². The molecule has 7 heteroatoms. The Morgan fingerprint density at radius 2 is 2.08 bits per heavy atom. The molecule has 0 bridgehead atoms. The Hall–Kier alpha value is -2.44. The number of piperidine rings is 1. The van der Waals surface area contributed by atoms with Crippen molar-refractivity contribution in [3.05, 3.63) is 30.4 Å². The first-order valence-electron chi connectivity index (χ1n) is 8.14. The number of likely N-dealkylation sites (tertiary alicyclic amines) is 1. The molecule has 1 aliphatic heterocycles. The standard InChI is InChI=1S/C17H22N4O3/c1-17(2,3)23-16(22)21-10-4-5-13(11-21)15-19-14(20-24-15)12-6-8-18-9-7-12/h6-9,13H,4-5,10-11H2,1-3H3. The summed E-state index contributed by atoms with van der Waals surface area (Å²) in [6.07, 6.45) is 4.89. The molecule has 1 fully saturated rings. The number of pyridine rings is 1. The summed E-state index contributed by atoms with van der Waals surface area (Å²) in [5, 5.41) is 4.04. The van der Waals surface area contributed by atoms with Gasteiger partial charge in [0.1, 0.15) is 5.60 Å². The molecule has 2 aromatic rings. The van der Waals surface area contributed by atoms with E-state index in [-0.39, 0.29) is 12.0 Å². The summed E-state index contributed by atoms with van der Waals surface area (Å²) in [4.78, 5) is 22.4. The number of ether oxygens (including phenoxy) is 1. The quantitative estimate of drug-likeness (QED) is 0.841. The summed E-state index contributed by atoms with van der Waals surface area (Å²) in [6, 6.07) is 3.67. The lowest BCUT2D eigenvalue weighted by molar-refractivity contribution is 0.0189. The maximum atomic E-state index is 12.2. The van der Waals surface area contributed by atoms with E-state index in [9.17, 15) is 4.79 Å². The largest absolute Gasteiger partial charge is 0.444 e. The Bertz CT molecular complexity index is 693. The van der Waals surface area contributed by atoms with Gasteiger partial charge in [-0.05, 0) is 45.7 Å². The fourth-order valence-corrected chi connectivity index (χ4v) is 2.69. The lowest BCUT2D eigenvalue weighted by atomic mass is 9.98. The molecule has 0 spiro atoms. The Morgan fingerprint density at radius 1 is 1.33 bits per heavy atom. The van der Waals surface area contributed by atoms with Gasteiger partial charge in [0.05, 0.1) is 5.92 Å². The zero-order chi connectivity index (χ0) is 17.2. The Morgan fingerprint density at radius 3 is 2.79 bits per heavy atom. The lowest BCUT2D eigenvalue weighted by Crippen LogP contribution is -2.42. The van der Waals surface area contributed by atoms with Crippen molar-refractivity contribution >= 4 is 6.09 Å². The monoisotopic (exact) mass is 330 g/mol. The number of hydrogen-bond donors (Lipinski definition) is 0. The van der Waals surface area contributed by atoms with Crippen LogP contribution in [0.2, 0.25) is 0 Å². The van der Waals surface area contributed by atoms with Crippen LogP contribution in [0.25, 0.3) is 11.4 Å². The molecule has 0 saturated carbocycles. The number of nitrogens with zero attached hydrogens (tertiary/aromatic N) is 4. The van der Waals surface area contributed by atoms with Crippen LogP contribution in [-0.2, 0) is 4.74 Å². The maximum Gasteiger partial charge on any atom is 0.410 e. The van der Waals surface area contributed by atoms with Crippen LogP contribution in [0.15, 0.2) is 29.0 Å². The molecule has 0 aromatic carbocycles. The van der Waals surface area contributed by atoms with Gasteiger partial charge in [0.15, 0.2) is 0 Å². The van der Waals surface area contributed by atoms with Gasteiger partial charge >= 0.3 is 6.09 Å². The van der Waals surface area contributed by atoms with E-state index in [1.165, 1.54) is 0 Å². The average Bonchev–Trinajstić information content (AvgIpc) is 3.04. The highest BCUT2D eigenvalue weighted by Crippen LogP contribution is 2.28. The highest BCUT2D eigenvalue weighted by molar-refractivity contribution is 5.68. The minimum Gasteiger partial charge on any atom is -0.444 e. The smallest absolute Gasteiger partial charge is 0.410 e. The summed E-state index contributed by atoms with van der Waals surface area (Å²) >= 11 is 0. The molecule has 1 saturated heterocycles. The molecular weight excluding hydrogens is 308 g/mol. The van der Waals surface area contributed by atoms with Gasteiger partial charge in [0.2, 0.25) is 11.7 Å². The van der Waals surface area contributed by atoms with Crippen molar-refractivity contribution in [2.24, 2.45) is 0 Å². The van der Waals surface area contributed by atoms with Crippen molar-refractivity contribution in [1.29, 1.82) is 0 Å². The fourth-order valence-electron chi connectivity index (χ4n) is 2.69. The molecule has 0 aliphatic carbocycles. The summed E-state index contributed by atoms with van der Waals surface area (Å²) < 4.78 is 10.9. The molecule has 3 rings (SSSR count).